The first-order valence-electron chi connectivity index (χ1n) is 12.9. The van der Waals surface area contributed by atoms with E-state index in [0.717, 1.165) is 22.9 Å². The van der Waals surface area contributed by atoms with Gasteiger partial charge in [0.05, 0.1) is 18.8 Å². The number of carbonyl (C=O) groups is 5. The van der Waals surface area contributed by atoms with Gasteiger partial charge in [-0.3, -0.25) is 19.2 Å². The van der Waals surface area contributed by atoms with Crippen molar-refractivity contribution in [1.29, 1.82) is 0 Å². The molecule has 0 aliphatic carbocycles. The van der Waals surface area contributed by atoms with E-state index in [1.165, 1.54) is 12.5 Å². The Morgan fingerprint density at radius 2 is 1.73 bits per heavy atom. The molecule has 1 aromatic carbocycles. The average molecular weight is 553 g/mol. The summed E-state index contributed by atoms with van der Waals surface area (Å²) in [5, 5.41) is 21.2. The fraction of sp³-hybridized carbons (Fsp3) is 0.385. The number of primary amides is 1. The molecular weight excluding hydrogens is 520 g/mol. The molecule has 0 radical (unpaired) electrons. The first-order valence-corrected chi connectivity index (χ1v) is 12.9. The maximum absolute atomic E-state index is 13.6. The molecule has 14 nitrogen and oxygen atoms in total. The van der Waals surface area contributed by atoms with Crippen LogP contribution in [0.15, 0.2) is 43.0 Å². The van der Waals surface area contributed by atoms with E-state index in [2.05, 4.69) is 36.2 Å². The highest BCUT2D eigenvalue weighted by Crippen LogP contribution is 2.19. The SMILES string of the molecule is NC(=O)CC(NC(=O)C(Cc1cnc[nH]1)NC(=O)C(Cc1c[nH]c2ccccc12)NC(=O)C1CCCN1)C(=O)O. The van der Waals surface area contributed by atoms with Crippen molar-refractivity contribution in [1.82, 2.24) is 36.2 Å². The van der Waals surface area contributed by atoms with Crippen LogP contribution in [-0.4, -0.2) is 80.4 Å². The number of hydrogen-bond donors (Lipinski definition) is 8. The molecule has 0 spiro atoms. The molecule has 2 aromatic heterocycles. The van der Waals surface area contributed by atoms with Crippen LogP contribution in [0.1, 0.15) is 30.5 Å². The second kappa shape index (κ2) is 12.9. The molecule has 4 amide bonds. The monoisotopic (exact) mass is 552 g/mol. The van der Waals surface area contributed by atoms with Gasteiger partial charge in [-0.05, 0) is 31.0 Å². The third-order valence-electron chi connectivity index (χ3n) is 6.74. The van der Waals surface area contributed by atoms with Gasteiger partial charge in [0.1, 0.15) is 18.1 Å². The van der Waals surface area contributed by atoms with Crippen LogP contribution in [0, 0.1) is 0 Å². The summed E-state index contributed by atoms with van der Waals surface area (Å²) in [5.74, 6) is -4.18. The van der Waals surface area contributed by atoms with Gasteiger partial charge >= 0.3 is 5.97 Å². The number of nitrogens with one attached hydrogen (secondary N) is 6. The molecule has 212 valence electrons. The van der Waals surface area contributed by atoms with Gasteiger partial charge in [-0.15, -0.1) is 0 Å². The lowest BCUT2D eigenvalue weighted by atomic mass is 10.0. The number of benzene rings is 1. The van der Waals surface area contributed by atoms with Crippen LogP contribution in [0.25, 0.3) is 10.9 Å². The van der Waals surface area contributed by atoms with Crippen molar-refractivity contribution < 1.29 is 29.1 Å². The highest BCUT2D eigenvalue weighted by atomic mass is 16.4. The van der Waals surface area contributed by atoms with Crippen LogP contribution in [-0.2, 0) is 36.8 Å². The Morgan fingerprint density at radius 3 is 2.38 bits per heavy atom. The topological polar surface area (TPSA) is 224 Å². The van der Waals surface area contributed by atoms with Gasteiger partial charge < -0.3 is 42.1 Å². The molecule has 1 aliphatic heterocycles. The maximum Gasteiger partial charge on any atom is 0.326 e. The van der Waals surface area contributed by atoms with Crippen molar-refractivity contribution >= 4 is 40.5 Å². The molecular formula is C26H32N8O6. The number of fused-ring (bicyclic) bond motifs is 1. The predicted octanol–water partition coefficient (Wildman–Crippen LogP) is -1.16. The lowest BCUT2D eigenvalue weighted by molar-refractivity contribution is -0.143. The first-order chi connectivity index (χ1) is 19.2. The van der Waals surface area contributed by atoms with Crippen molar-refractivity contribution in [2.75, 3.05) is 6.54 Å². The Balaban J connectivity index is 1.56. The zero-order valence-corrected chi connectivity index (χ0v) is 21.6. The number of carbonyl (C=O) groups excluding carboxylic acids is 4. The van der Waals surface area contributed by atoms with Crippen LogP contribution in [0.3, 0.4) is 0 Å². The summed E-state index contributed by atoms with van der Waals surface area (Å²) in [6.45, 7) is 0.694. The average Bonchev–Trinajstić information content (AvgIpc) is 3.70. The molecule has 9 N–H and O–H groups in total. The van der Waals surface area contributed by atoms with Crippen LogP contribution >= 0.6 is 0 Å². The van der Waals surface area contributed by atoms with E-state index in [9.17, 15) is 29.1 Å². The standard InChI is InChI=1S/C26H32N8O6/c27-22(35)10-21(26(39)40)34-25(38)20(9-15-12-28-13-31-15)33-24(37)19(32-23(36)18-6-3-7-29-18)8-14-11-30-17-5-2-1-4-16(14)17/h1-2,4-5,11-13,18-21,29-30H,3,6-10H2,(H2,27,35)(H,28,31)(H,32,36)(H,33,37)(H,34,38)(H,39,40). The Labute approximate surface area is 228 Å². The molecule has 1 fully saturated rings. The van der Waals surface area contributed by atoms with E-state index < -0.39 is 54.3 Å². The molecule has 0 bridgehead atoms. The van der Waals surface area contributed by atoms with Crippen LogP contribution < -0.4 is 27.0 Å². The summed E-state index contributed by atoms with van der Waals surface area (Å²) >= 11 is 0. The highest BCUT2D eigenvalue weighted by molar-refractivity contribution is 5.95. The number of aromatic nitrogens is 3. The van der Waals surface area contributed by atoms with Gasteiger partial charge in [-0.25, -0.2) is 9.78 Å². The summed E-state index contributed by atoms with van der Waals surface area (Å²) in [7, 11) is 0. The first kappa shape index (κ1) is 28.3. The third kappa shape index (κ3) is 7.22. The van der Waals surface area contributed by atoms with E-state index in [1.807, 2.05) is 24.3 Å². The predicted molar refractivity (Wildman–Crippen MR) is 143 cm³/mol. The van der Waals surface area contributed by atoms with Crippen LogP contribution in [0.5, 0.6) is 0 Å². The number of carboxylic acid groups (broad SMARTS) is 1. The maximum atomic E-state index is 13.6. The molecule has 4 unspecified atom stereocenters. The van der Waals surface area contributed by atoms with Crippen molar-refractivity contribution in [2.24, 2.45) is 5.73 Å². The second-order valence-corrected chi connectivity index (χ2v) is 9.69. The van der Waals surface area contributed by atoms with Crippen LogP contribution in [0.2, 0.25) is 0 Å². The molecule has 3 heterocycles. The Kier molecular flexibility index (Phi) is 9.11. The molecule has 14 heteroatoms. The molecule has 1 aliphatic rings. The smallest absolute Gasteiger partial charge is 0.326 e. The number of para-hydroxylation sites is 1. The number of amides is 4. The lowest BCUT2D eigenvalue weighted by Gasteiger charge is -2.25. The zero-order chi connectivity index (χ0) is 28.6. The number of carboxylic acids is 1. The molecule has 0 saturated carbocycles. The van der Waals surface area contributed by atoms with Gasteiger partial charge in [-0.2, -0.15) is 0 Å². The van der Waals surface area contributed by atoms with E-state index in [1.54, 1.807) is 6.20 Å². The van der Waals surface area contributed by atoms with E-state index in [0.29, 0.717) is 18.7 Å². The largest absolute Gasteiger partial charge is 0.480 e. The molecule has 4 atom stereocenters. The summed E-state index contributed by atoms with van der Waals surface area (Å²) in [5.41, 5.74) is 7.28. The third-order valence-corrected chi connectivity index (χ3v) is 6.74. The number of H-pyrrole nitrogens is 2. The molecule has 4 rings (SSSR count). The Bertz CT molecular complexity index is 1360. The van der Waals surface area contributed by atoms with Gasteiger partial charge in [0.25, 0.3) is 0 Å². The molecule has 40 heavy (non-hydrogen) atoms. The Morgan fingerprint density at radius 1 is 1.00 bits per heavy atom. The number of imidazole rings is 1. The number of hydrogen-bond acceptors (Lipinski definition) is 7. The number of aliphatic carboxylic acids is 1. The van der Waals surface area contributed by atoms with Gasteiger partial charge in [0.2, 0.25) is 23.6 Å². The van der Waals surface area contributed by atoms with E-state index in [4.69, 9.17) is 5.73 Å². The van der Waals surface area contributed by atoms with Gasteiger partial charge in [0, 0.05) is 41.8 Å². The summed E-state index contributed by atoms with van der Waals surface area (Å²) < 4.78 is 0. The van der Waals surface area contributed by atoms with Gasteiger partial charge in [0.15, 0.2) is 0 Å². The minimum atomic E-state index is -1.58. The number of nitrogens with zero attached hydrogens (tertiary/aromatic N) is 1. The molecule has 1 saturated heterocycles. The van der Waals surface area contributed by atoms with Crippen molar-refractivity contribution in [3.63, 3.8) is 0 Å². The van der Waals surface area contributed by atoms with Crippen molar-refractivity contribution in [3.8, 4) is 0 Å². The fourth-order valence-corrected chi connectivity index (χ4v) is 4.68. The van der Waals surface area contributed by atoms with Crippen LogP contribution in [0.4, 0.5) is 0 Å². The Hall–Kier alpha value is -4.72. The summed E-state index contributed by atoms with van der Waals surface area (Å²) in [4.78, 5) is 72.6. The fourth-order valence-electron chi connectivity index (χ4n) is 4.68. The van der Waals surface area contributed by atoms with E-state index in [-0.39, 0.29) is 18.7 Å². The highest BCUT2D eigenvalue weighted by Gasteiger charge is 2.32. The second-order valence-electron chi connectivity index (χ2n) is 9.69. The van der Waals surface area contributed by atoms with Crippen molar-refractivity contribution in [2.45, 2.75) is 56.3 Å². The number of rotatable bonds is 13. The lowest BCUT2D eigenvalue weighted by Crippen LogP contribution is -2.58. The van der Waals surface area contributed by atoms with Gasteiger partial charge in [-0.1, -0.05) is 18.2 Å². The summed E-state index contributed by atoms with van der Waals surface area (Å²) in [6, 6.07) is 3.21. The van der Waals surface area contributed by atoms with Crippen molar-refractivity contribution in [3.05, 3.63) is 54.2 Å². The number of aromatic amines is 2. The minimum absolute atomic E-state index is 0.0571. The molecule has 3 aromatic rings. The quantitative estimate of drug-likeness (QED) is 0.129. The zero-order valence-electron chi connectivity index (χ0n) is 21.6. The minimum Gasteiger partial charge on any atom is -0.480 e. The van der Waals surface area contributed by atoms with E-state index >= 15 is 0 Å². The summed E-state index contributed by atoms with van der Waals surface area (Å²) in [6.07, 6.45) is 5.54. The number of nitrogens with two attached hydrogens (primary N) is 1. The normalized spacial score (nSPS) is 17.1.